The van der Waals surface area contributed by atoms with E-state index < -0.39 is 16.6 Å². The Morgan fingerprint density at radius 3 is 1.18 bits per heavy atom. The van der Waals surface area contributed by atoms with E-state index >= 15 is 0 Å². The molecule has 0 saturated carbocycles. The normalized spacial score (nSPS) is 15.5. The maximum atomic E-state index is 12.8. The van der Waals surface area contributed by atoms with Gasteiger partial charge in [-0.1, -0.05) is 41.5 Å². The maximum absolute atomic E-state index is 12.8. The van der Waals surface area contributed by atoms with Gasteiger partial charge < -0.3 is 8.85 Å². The van der Waals surface area contributed by atoms with Gasteiger partial charge in [-0.3, -0.25) is 9.59 Å². The summed E-state index contributed by atoms with van der Waals surface area (Å²) >= 11 is 0. The third-order valence-electron chi connectivity index (χ3n) is 6.35. The number of ketones is 2. The fraction of sp³-hybridized carbons (Fsp3) is 0.545. The summed E-state index contributed by atoms with van der Waals surface area (Å²) in [5.74, 6) is 0.576. The predicted octanol–water partition coefficient (Wildman–Crippen LogP) is 6.39. The second-order valence-electron chi connectivity index (χ2n) is 10.6. The first-order valence-corrected chi connectivity index (χ1v) is 15.6. The largest absolute Gasteiger partial charge is 0.543 e. The number of allylic oxidation sites excluding steroid dienone is 2. The lowest BCUT2D eigenvalue weighted by Gasteiger charge is -2.38. The lowest BCUT2D eigenvalue weighted by atomic mass is 9.93. The molecular formula is C22H34O4Si2. The van der Waals surface area contributed by atoms with Crippen molar-refractivity contribution >= 4 is 28.2 Å². The lowest BCUT2D eigenvalue weighted by molar-refractivity contribution is 0.0990. The van der Waals surface area contributed by atoms with Crippen molar-refractivity contribution in [1.82, 2.24) is 0 Å². The van der Waals surface area contributed by atoms with Crippen LogP contribution in [0.15, 0.2) is 24.3 Å². The van der Waals surface area contributed by atoms with Crippen LogP contribution in [0.4, 0.5) is 0 Å². The van der Waals surface area contributed by atoms with Crippen LogP contribution >= 0.6 is 0 Å². The van der Waals surface area contributed by atoms with Gasteiger partial charge in [-0.25, -0.2) is 0 Å². The molecule has 1 aromatic rings. The number of hydrogen-bond acceptors (Lipinski definition) is 4. The Balaban J connectivity index is 2.62. The van der Waals surface area contributed by atoms with Crippen LogP contribution in [0.25, 0.3) is 0 Å². The van der Waals surface area contributed by atoms with Gasteiger partial charge in [-0.05, 0) is 60.5 Å². The predicted molar refractivity (Wildman–Crippen MR) is 120 cm³/mol. The average Bonchev–Trinajstić information content (AvgIpc) is 2.49. The molecule has 4 nitrogen and oxygen atoms in total. The SMILES string of the molecule is CC(C)(C)[Si](C)(C)Oc1ccc(O[Si](C)(C)C(C)(C)C)c2c1C(=O)C=CC2=O. The second kappa shape index (κ2) is 6.99. The minimum atomic E-state index is -2.17. The highest BCUT2D eigenvalue weighted by Crippen LogP contribution is 2.43. The Labute approximate surface area is 171 Å². The summed E-state index contributed by atoms with van der Waals surface area (Å²) in [5.41, 5.74) is 0.682. The molecule has 0 radical (unpaired) electrons. The molecule has 0 saturated heterocycles. The van der Waals surface area contributed by atoms with Crippen LogP contribution in [0.5, 0.6) is 11.5 Å². The molecular weight excluding hydrogens is 384 g/mol. The van der Waals surface area contributed by atoms with Crippen LogP contribution in [-0.4, -0.2) is 28.2 Å². The van der Waals surface area contributed by atoms with Crippen molar-refractivity contribution in [3.05, 3.63) is 35.4 Å². The molecule has 1 aliphatic rings. The van der Waals surface area contributed by atoms with Crippen molar-refractivity contribution in [2.24, 2.45) is 0 Å². The molecule has 28 heavy (non-hydrogen) atoms. The Morgan fingerprint density at radius 1 is 0.643 bits per heavy atom. The van der Waals surface area contributed by atoms with Crippen molar-refractivity contribution in [3.63, 3.8) is 0 Å². The van der Waals surface area contributed by atoms with Gasteiger partial charge in [-0.15, -0.1) is 0 Å². The summed E-state index contributed by atoms with van der Waals surface area (Å²) in [5, 5.41) is -0.0402. The zero-order chi connectivity index (χ0) is 21.7. The van der Waals surface area contributed by atoms with Crippen molar-refractivity contribution < 1.29 is 18.4 Å². The third-order valence-corrected chi connectivity index (χ3v) is 15.0. The smallest absolute Gasteiger partial charge is 0.250 e. The highest BCUT2D eigenvalue weighted by Gasteiger charge is 2.42. The fourth-order valence-electron chi connectivity index (χ4n) is 2.40. The first-order chi connectivity index (χ1) is 12.5. The van der Waals surface area contributed by atoms with Gasteiger partial charge >= 0.3 is 0 Å². The zero-order valence-electron chi connectivity index (χ0n) is 18.9. The van der Waals surface area contributed by atoms with Gasteiger partial charge in [0.1, 0.15) is 11.5 Å². The highest BCUT2D eigenvalue weighted by atomic mass is 28.4. The molecule has 2 rings (SSSR count). The topological polar surface area (TPSA) is 52.6 Å². The van der Waals surface area contributed by atoms with Gasteiger partial charge in [0.05, 0.1) is 11.1 Å². The Hall–Kier alpha value is -1.67. The van der Waals surface area contributed by atoms with E-state index in [1.54, 1.807) is 12.1 Å². The van der Waals surface area contributed by atoms with Gasteiger partial charge in [0.2, 0.25) is 0 Å². The van der Waals surface area contributed by atoms with Gasteiger partial charge in [0.25, 0.3) is 16.6 Å². The van der Waals surface area contributed by atoms with Crippen molar-refractivity contribution in [2.75, 3.05) is 0 Å². The van der Waals surface area contributed by atoms with E-state index in [1.807, 2.05) is 0 Å². The molecule has 0 heterocycles. The number of benzene rings is 1. The molecule has 1 aromatic carbocycles. The highest BCUT2D eigenvalue weighted by molar-refractivity contribution is 6.75. The Bertz CT molecular complexity index is 768. The summed E-state index contributed by atoms with van der Waals surface area (Å²) < 4.78 is 12.8. The van der Waals surface area contributed by atoms with Gasteiger partial charge in [0.15, 0.2) is 11.6 Å². The summed E-state index contributed by atoms with van der Waals surface area (Å²) in [4.78, 5) is 25.5. The van der Waals surface area contributed by atoms with E-state index in [4.69, 9.17) is 8.85 Å². The van der Waals surface area contributed by atoms with E-state index in [9.17, 15) is 9.59 Å². The monoisotopic (exact) mass is 418 g/mol. The number of fused-ring (bicyclic) bond motifs is 1. The number of hydrogen-bond donors (Lipinski definition) is 0. The minimum absolute atomic E-state index is 0.0201. The van der Waals surface area contributed by atoms with Gasteiger partial charge in [-0.2, -0.15) is 0 Å². The summed E-state index contributed by atoms with van der Waals surface area (Å²) in [6, 6.07) is 3.60. The summed E-state index contributed by atoms with van der Waals surface area (Å²) in [6.07, 6.45) is 2.67. The average molecular weight is 419 g/mol. The lowest BCUT2D eigenvalue weighted by Crippen LogP contribution is -2.45. The molecule has 0 atom stereocenters. The van der Waals surface area contributed by atoms with Gasteiger partial charge in [0, 0.05) is 0 Å². The van der Waals surface area contributed by atoms with Crippen molar-refractivity contribution in [3.8, 4) is 11.5 Å². The van der Waals surface area contributed by atoms with Crippen LogP contribution in [0.1, 0.15) is 62.3 Å². The molecule has 0 N–H and O–H groups in total. The van der Waals surface area contributed by atoms with Crippen LogP contribution in [0.2, 0.25) is 36.3 Å². The van der Waals surface area contributed by atoms with E-state index in [2.05, 4.69) is 67.7 Å². The Morgan fingerprint density at radius 2 is 0.929 bits per heavy atom. The van der Waals surface area contributed by atoms with Crippen LogP contribution in [-0.2, 0) is 0 Å². The number of rotatable bonds is 4. The Kier molecular flexibility index (Phi) is 5.65. The van der Waals surface area contributed by atoms with Crippen LogP contribution < -0.4 is 8.85 Å². The molecule has 0 bridgehead atoms. The van der Waals surface area contributed by atoms with E-state index in [0.29, 0.717) is 22.6 Å². The quantitative estimate of drug-likeness (QED) is 0.532. The molecule has 0 aliphatic heterocycles. The molecule has 0 aromatic heterocycles. The molecule has 154 valence electrons. The zero-order valence-corrected chi connectivity index (χ0v) is 20.9. The summed E-state index contributed by atoms with van der Waals surface area (Å²) in [6.45, 7) is 21.4. The van der Waals surface area contributed by atoms with E-state index in [1.165, 1.54) is 12.2 Å². The molecule has 6 heteroatoms. The van der Waals surface area contributed by atoms with Crippen molar-refractivity contribution in [2.45, 2.75) is 77.8 Å². The van der Waals surface area contributed by atoms with Crippen LogP contribution in [0.3, 0.4) is 0 Å². The first kappa shape index (κ1) is 22.6. The third kappa shape index (κ3) is 4.17. The standard InChI is InChI=1S/C22H34O4Si2/c1-21(2,3)27(7,8)25-17-13-14-18(26-28(9,10)22(4,5)6)20-16(24)12-11-15(23)19(17)20/h11-14H,1-10H3. The maximum Gasteiger partial charge on any atom is 0.250 e. The summed E-state index contributed by atoms with van der Waals surface area (Å²) in [7, 11) is -4.34. The van der Waals surface area contributed by atoms with Crippen LogP contribution in [0, 0.1) is 0 Å². The molecule has 0 fully saturated rings. The first-order valence-electron chi connectivity index (χ1n) is 9.80. The minimum Gasteiger partial charge on any atom is -0.543 e. The fourth-order valence-corrected chi connectivity index (χ4v) is 4.45. The molecule has 0 spiro atoms. The molecule has 0 amide bonds. The van der Waals surface area contributed by atoms with E-state index in [0.717, 1.165) is 0 Å². The second-order valence-corrected chi connectivity index (χ2v) is 20.0. The van der Waals surface area contributed by atoms with Crippen molar-refractivity contribution in [1.29, 1.82) is 0 Å². The molecule has 1 aliphatic carbocycles. The molecule has 0 unspecified atom stereocenters. The number of carbonyl (C=O) groups excluding carboxylic acids is 2. The van der Waals surface area contributed by atoms with E-state index in [-0.39, 0.29) is 21.6 Å². The number of carbonyl (C=O) groups is 2.